The fourth-order valence-corrected chi connectivity index (χ4v) is 0. The Labute approximate surface area is 60.9 Å². The number of hydrogen-bond acceptors (Lipinski definition) is 0. The Hall–Kier alpha value is 1.99. The van der Waals surface area contributed by atoms with Crippen molar-refractivity contribution in [3.05, 3.63) is 0 Å². The van der Waals surface area contributed by atoms with Gasteiger partial charge in [-0.1, -0.05) is 0 Å². The summed E-state index contributed by atoms with van der Waals surface area (Å²) < 4.78 is 0. The molecule has 0 aliphatic carbocycles. The molecule has 0 aromatic carbocycles. The average molecular weight is 208 g/mol. The van der Waals surface area contributed by atoms with Crippen LogP contribution in [0, 0.1) is 0 Å². The molecule has 4 heavy (non-hydrogen) atoms. The van der Waals surface area contributed by atoms with Gasteiger partial charge in [0.05, 0.1) is 0 Å². The molecule has 0 bridgehead atoms. The van der Waals surface area contributed by atoms with Crippen LogP contribution in [0.2, 0.25) is 0 Å². The van der Waals surface area contributed by atoms with Crippen molar-refractivity contribution in [3.8, 4) is 0 Å². The van der Waals surface area contributed by atoms with Gasteiger partial charge in [0, 0.05) is 51.2 Å². The van der Waals surface area contributed by atoms with Crippen LogP contribution in [-0.4, -0.2) is 0 Å². The zero-order chi connectivity index (χ0) is 0. The summed E-state index contributed by atoms with van der Waals surface area (Å²) in [5.74, 6) is 0. The predicted molar refractivity (Wildman–Crippen MR) is 11.1 cm³/mol. The molecule has 0 nitrogen and oxygen atoms in total. The van der Waals surface area contributed by atoms with Gasteiger partial charge < -0.3 is 0 Å². The first kappa shape index (κ1) is 37.7. The van der Waals surface area contributed by atoms with Crippen molar-refractivity contribution in [2.45, 2.75) is 0 Å². The summed E-state index contributed by atoms with van der Waals surface area (Å²) in [6, 6.07) is 0. The maximum Gasteiger partial charge on any atom is 0 e. The maximum atomic E-state index is 0. The molecule has 0 saturated carbocycles. The SMILES string of the molecule is P.[Cu].[Fe].[Mn]. The molecule has 0 heterocycles. The third-order valence-electron chi connectivity index (χ3n) is 0. The average Bonchev–Trinajstić information content (AvgIpc) is 0. The van der Waals surface area contributed by atoms with Gasteiger partial charge >= 0.3 is 0 Å². The van der Waals surface area contributed by atoms with Crippen LogP contribution in [-0.2, 0) is 51.2 Å². The normalized spacial score (nSPS) is 0. The molecule has 0 aliphatic rings. The molecule has 0 spiro atoms. The second kappa shape index (κ2) is 20.1. The van der Waals surface area contributed by atoms with E-state index in [2.05, 4.69) is 0 Å². The van der Waals surface area contributed by atoms with Gasteiger partial charge in [0.25, 0.3) is 0 Å². The van der Waals surface area contributed by atoms with Crippen LogP contribution in [0.1, 0.15) is 0 Å². The quantitative estimate of drug-likeness (QED) is 0.390. The van der Waals surface area contributed by atoms with Crippen LogP contribution >= 0.6 is 9.90 Å². The van der Waals surface area contributed by atoms with Gasteiger partial charge in [0.1, 0.15) is 0 Å². The van der Waals surface area contributed by atoms with Crippen LogP contribution < -0.4 is 0 Å². The molecule has 4 heteroatoms. The second-order valence-corrected chi connectivity index (χ2v) is 0. The summed E-state index contributed by atoms with van der Waals surface area (Å²) in [4.78, 5) is 0. The van der Waals surface area contributed by atoms with Crippen LogP contribution in [0.25, 0.3) is 0 Å². The molecule has 34 valence electrons. The Balaban J connectivity index is 0. The topological polar surface area (TPSA) is 0 Å². The summed E-state index contributed by atoms with van der Waals surface area (Å²) >= 11 is 0. The molecule has 2 radical (unpaired) electrons. The molecular formula is H3CuFeMnP. The monoisotopic (exact) mass is 208 g/mol. The molecule has 0 fully saturated rings. The molecule has 0 aliphatic heterocycles. The van der Waals surface area contributed by atoms with Crippen molar-refractivity contribution >= 4 is 9.90 Å². The van der Waals surface area contributed by atoms with Crippen molar-refractivity contribution in [3.63, 3.8) is 0 Å². The van der Waals surface area contributed by atoms with Gasteiger partial charge in [-0.3, -0.25) is 0 Å². The molecule has 0 amide bonds. The summed E-state index contributed by atoms with van der Waals surface area (Å²) in [6.45, 7) is 0. The zero-order valence-corrected chi connectivity index (χ0v) is 6.38. The minimum atomic E-state index is 0. The van der Waals surface area contributed by atoms with Crippen LogP contribution in [0.4, 0.5) is 0 Å². The molecule has 1 unspecified atom stereocenters. The molecule has 1 atom stereocenters. The van der Waals surface area contributed by atoms with E-state index in [4.69, 9.17) is 0 Å². The van der Waals surface area contributed by atoms with Gasteiger partial charge in [0.15, 0.2) is 0 Å². The van der Waals surface area contributed by atoms with Gasteiger partial charge in [-0.2, -0.15) is 9.90 Å². The third kappa shape index (κ3) is 9.01. The van der Waals surface area contributed by atoms with Crippen LogP contribution in [0.5, 0.6) is 0 Å². The molecule has 0 saturated heterocycles. The molecule has 0 aromatic heterocycles. The Morgan fingerprint density at radius 3 is 1.00 bits per heavy atom. The van der Waals surface area contributed by atoms with E-state index in [-0.39, 0.29) is 61.1 Å². The zero-order valence-electron chi connectivity index (χ0n) is 1.74. The smallest absolute Gasteiger partial charge is 0 e. The van der Waals surface area contributed by atoms with E-state index in [1.54, 1.807) is 0 Å². The fraction of sp³-hybridized carbons (Fsp3) is 0. The van der Waals surface area contributed by atoms with Crippen molar-refractivity contribution in [1.82, 2.24) is 0 Å². The van der Waals surface area contributed by atoms with Crippen LogP contribution in [0.15, 0.2) is 0 Å². The van der Waals surface area contributed by atoms with Crippen LogP contribution in [0.3, 0.4) is 0 Å². The third-order valence-corrected chi connectivity index (χ3v) is 0. The van der Waals surface area contributed by atoms with Gasteiger partial charge in [0.2, 0.25) is 0 Å². The van der Waals surface area contributed by atoms with Crippen molar-refractivity contribution in [1.29, 1.82) is 0 Å². The summed E-state index contributed by atoms with van der Waals surface area (Å²) in [5.41, 5.74) is 0. The number of hydrogen-bond donors (Lipinski definition) is 0. The Morgan fingerprint density at radius 2 is 1.00 bits per heavy atom. The van der Waals surface area contributed by atoms with Gasteiger partial charge in [-0.25, -0.2) is 0 Å². The van der Waals surface area contributed by atoms with E-state index in [0.717, 1.165) is 0 Å². The molecule has 0 N–H and O–H groups in total. The first-order chi connectivity index (χ1) is 0. The first-order valence-electron chi connectivity index (χ1n) is 0. The van der Waals surface area contributed by atoms with E-state index in [1.165, 1.54) is 0 Å². The Kier molecular flexibility index (Phi) is 189. The Bertz CT molecular complexity index is 8.00. The second-order valence-electron chi connectivity index (χ2n) is 0. The first-order valence-corrected chi connectivity index (χ1v) is 0. The van der Waals surface area contributed by atoms with Gasteiger partial charge in [-0.15, -0.1) is 0 Å². The van der Waals surface area contributed by atoms with Crippen molar-refractivity contribution in [2.75, 3.05) is 0 Å². The van der Waals surface area contributed by atoms with Gasteiger partial charge in [-0.05, 0) is 0 Å². The van der Waals surface area contributed by atoms with Crippen molar-refractivity contribution < 1.29 is 51.2 Å². The standard InChI is InChI=1S/Cu.Fe.Mn.H3P/h;;;1H3. The Morgan fingerprint density at radius 1 is 1.00 bits per heavy atom. The summed E-state index contributed by atoms with van der Waals surface area (Å²) in [5, 5.41) is 0. The molecule has 0 aromatic rings. The minimum absolute atomic E-state index is 0. The fourth-order valence-electron chi connectivity index (χ4n) is 0. The maximum absolute atomic E-state index is 0. The van der Waals surface area contributed by atoms with E-state index in [1.807, 2.05) is 0 Å². The summed E-state index contributed by atoms with van der Waals surface area (Å²) in [7, 11) is 0. The van der Waals surface area contributed by atoms with E-state index < -0.39 is 0 Å². The van der Waals surface area contributed by atoms with Crippen molar-refractivity contribution in [2.24, 2.45) is 0 Å². The van der Waals surface area contributed by atoms with E-state index in [9.17, 15) is 0 Å². The molecular weight excluding hydrogens is 205 g/mol. The van der Waals surface area contributed by atoms with E-state index >= 15 is 0 Å². The molecule has 0 rings (SSSR count). The summed E-state index contributed by atoms with van der Waals surface area (Å²) in [6.07, 6.45) is 0. The predicted octanol–water partition coefficient (Wildman–Crippen LogP) is 0.0506. The van der Waals surface area contributed by atoms with E-state index in [0.29, 0.717) is 0 Å². The number of rotatable bonds is 0. The largest absolute Gasteiger partial charge is 0.153 e. The minimum Gasteiger partial charge on any atom is -0.153 e.